The average Bonchev–Trinajstić information content (AvgIpc) is 2.98. The maximum atomic E-state index is 11.6. The first kappa shape index (κ1) is 16.8. The van der Waals surface area contributed by atoms with Crippen molar-refractivity contribution in [3.05, 3.63) is 36.7 Å². The molecule has 124 valence electrons. The van der Waals surface area contributed by atoms with Crippen LogP contribution < -0.4 is 10.6 Å². The molecule has 1 amide bonds. The van der Waals surface area contributed by atoms with Crippen LogP contribution in [0.3, 0.4) is 0 Å². The fourth-order valence-corrected chi connectivity index (χ4v) is 1.93. The first-order valence-corrected chi connectivity index (χ1v) is 7.53. The first-order valence-electron chi connectivity index (χ1n) is 7.53. The highest BCUT2D eigenvalue weighted by Crippen LogP contribution is 2.12. The van der Waals surface area contributed by atoms with Gasteiger partial charge in [-0.2, -0.15) is 15.0 Å². The third kappa shape index (κ3) is 5.61. The summed E-state index contributed by atoms with van der Waals surface area (Å²) in [5, 5.41) is 14.2. The Morgan fingerprint density at radius 1 is 1.22 bits per heavy atom. The van der Waals surface area contributed by atoms with Crippen molar-refractivity contribution < 1.29 is 9.53 Å². The fraction of sp³-hybridized carbons (Fsp3) is 0.438. The predicted molar refractivity (Wildman–Crippen MR) is 88.7 cm³/mol. The number of benzene rings is 1. The van der Waals surface area contributed by atoms with Crippen molar-refractivity contribution in [3.8, 4) is 5.69 Å². The van der Waals surface area contributed by atoms with Gasteiger partial charge in [0, 0.05) is 18.3 Å². The second-order valence-corrected chi connectivity index (χ2v) is 6.29. The van der Waals surface area contributed by atoms with Crippen LogP contribution in [0, 0.1) is 0 Å². The molecule has 1 unspecified atom stereocenters. The summed E-state index contributed by atoms with van der Waals surface area (Å²) < 4.78 is 5.20. The van der Waals surface area contributed by atoms with Crippen LogP contribution in [0.15, 0.2) is 36.7 Å². The molecular weight excluding hydrogens is 294 g/mol. The number of nitrogens with one attached hydrogen (secondary N) is 2. The number of hydrogen-bond donors (Lipinski definition) is 2. The van der Waals surface area contributed by atoms with Gasteiger partial charge in [-0.25, -0.2) is 4.79 Å². The number of carbonyl (C=O) groups is 1. The van der Waals surface area contributed by atoms with E-state index in [-0.39, 0.29) is 6.04 Å². The van der Waals surface area contributed by atoms with Crippen LogP contribution in [-0.4, -0.2) is 39.3 Å². The van der Waals surface area contributed by atoms with Crippen molar-refractivity contribution in [2.75, 3.05) is 11.9 Å². The summed E-state index contributed by atoms with van der Waals surface area (Å²) in [5.41, 5.74) is 1.36. The molecule has 0 aliphatic rings. The molecular formula is C16H23N5O2. The summed E-state index contributed by atoms with van der Waals surface area (Å²) >= 11 is 0. The van der Waals surface area contributed by atoms with Gasteiger partial charge in [0.05, 0.1) is 18.1 Å². The minimum atomic E-state index is -0.489. The quantitative estimate of drug-likeness (QED) is 0.886. The van der Waals surface area contributed by atoms with Gasteiger partial charge in [-0.05, 0) is 52.0 Å². The second-order valence-electron chi connectivity index (χ2n) is 6.29. The number of carbonyl (C=O) groups excluding carboxylic acids is 1. The molecule has 0 spiro atoms. The largest absolute Gasteiger partial charge is 0.444 e. The van der Waals surface area contributed by atoms with Gasteiger partial charge in [-0.15, -0.1) is 0 Å². The van der Waals surface area contributed by atoms with E-state index in [9.17, 15) is 4.79 Å². The Morgan fingerprint density at radius 3 is 2.39 bits per heavy atom. The highest BCUT2D eigenvalue weighted by Gasteiger charge is 2.16. The van der Waals surface area contributed by atoms with Crippen molar-refractivity contribution in [2.24, 2.45) is 0 Å². The number of aromatic nitrogens is 3. The normalized spacial score (nSPS) is 12.5. The van der Waals surface area contributed by atoms with Crippen molar-refractivity contribution in [1.82, 2.24) is 20.3 Å². The zero-order chi connectivity index (χ0) is 16.9. The molecule has 7 heteroatoms. The molecule has 0 saturated heterocycles. The van der Waals surface area contributed by atoms with Gasteiger partial charge in [-0.3, -0.25) is 0 Å². The molecule has 1 aromatic heterocycles. The van der Waals surface area contributed by atoms with Gasteiger partial charge in [-0.1, -0.05) is 0 Å². The number of ether oxygens (including phenoxy) is 1. The Labute approximate surface area is 136 Å². The van der Waals surface area contributed by atoms with Crippen molar-refractivity contribution >= 4 is 11.8 Å². The maximum Gasteiger partial charge on any atom is 0.407 e. The van der Waals surface area contributed by atoms with E-state index >= 15 is 0 Å². The topological polar surface area (TPSA) is 81.1 Å². The SMILES string of the molecule is CC(CNC(=O)OC(C)(C)C)Nc1ccc(-n2nccn2)cc1. The van der Waals surface area contributed by atoms with Gasteiger partial charge >= 0.3 is 6.09 Å². The molecule has 2 aromatic rings. The molecule has 0 aliphatic carbocycles. The summed E-state index contributed by atoms with van der Waals surface area (Å²) in [7, 11) is 0. The molecule has 1 heterocycles. The van der Waals surface area contributed by atoms with Crippen molar-refractivity contribution in [1.29, 1.82) is 0 Å². The highest BCUT2D eigenvalue weighted by atomic mass is 16.6. The van der Waals surface area contributed by atoms with E-state index < -0.39 is 11.7 Å². The van der Waals surface area contributed by atoms with E-state index in [1.54, 1.807) is 17.2 Å². The average molecular weight is 317 g/mol. The highest BCUT2D eigenvalue weighted by molar-refractivity contribution is 5.67. The van der Waals surface area contributed by atoms with E-state index in [0.717, 1.165) is 11.4 Å². The number of anilines is 1. The lowest BCUT2D eigenvalue weighted by Gasteiger charge is -2.21. The van der Waals surface area contributed by atoms with Gasteiger partial charge < -0.3 is 15.4 Å². The summed E-state index contributed by atoms with van der Waals surface area (Å²) in [6.07, 6.45) is 2.86. The van der Waals surface area contributed by atoms with Crippen LogP contribution in [0.4, 0.5) is 10.5 Å². The first-order chi connectivity index (χ1) is 10.8. The van der Waals surface area contributed by atoms with Crippen LogP contribution >= 0.6 is 0 Å². The summed E-state index contributed by atoms with van der Waals surface area (Å²) in [6, 6.07) is 7.81. The molecule has 1 aromatic carbocycles. The summed E-state index contributed by atoms with van der Waals surface area (Å²) in [5.74, 6) is 0. The smallest absolute Gasteiger partial charge is 0.407 e. The summed E-state index contributed by atoms with van der Waals surface area (Å²) in [6.45, 7) is 7.97. The molecule has 2 rings (SSSR count). The molecule has 0 radical (unpaired) electrons. The van der Waals surface area contributed by atoms with Gasteiger partial charge in [0.1, 0.15) is 5.60 Å². The molecule has 1 atom stereocenters. The Morgan fingerprint density at radius 2 is 1.83 bits per heavy atom. The van der Waals surface area contributed by atoms with Crippen molar-refractivity contribution in [2.45, 2.75) is 39.3 Å². The zero-order valence-corrected chi connectivity index (χ0v) is 13.9. The minimum absolute atomic E-state index is 0.0659. The monoisotopic (exact) mass is 317 g/mol. The third-order valence-corrected chi connectivity index (χ3v) is 2.88. The second kappa shape index (κ2) is 7.13. The lowest BCUT2D eigenvalue weighted by atomic mass is 10.2. The molecule has 0 saturated carbocycles. The van der Waals surface area contributed by atoms with Gasteiger partial charge in [0.25, 0.3) is 0 Å². The number of nitrogens with zero attached hydrogens (tertiary/aromatic N) is 3. The van der Waals surface area contributed by atoms with Gasteiger partial charge in [0.15, 0.2) is 0 Å². The maximum absolute atomic E-state index is 11.6. The molecule has 0 bridgehead atoms. The van der Waals surface area contributed by atoms with Crippen LogP contribution in [0.5, 0.6) is 0 Å². The zero-order valence-electron chi connectivity index (χ0n) is 13.9. The van der Waals surface area contributed by atoms with Gasteiger partial charge in [0.2, 0.25) is 0 Å². The number of rotatable bonds is 5. The molecule has 7 nitrogen and oxygen atoms in total. The van der Waals surface area contributed by atoms with Crippen LogP contribution in [0.25, 0.3) is 5.69 Å². The molecule has 0 aliphatic heterocycles. The Hall–Kier alpha value is -2.57. The van der Waals surface area contributed by atoms with E-state index in [2.05, 4.69) is 20.8 Å². The molecule has 2 N–H and O–H groups in total. The lowest BCUT2D eigenvalue weighted by molar-refractivity contribution is 0.0526. The standard InChI is InChI=1S/C16H23N5O2/c1-12(11-17-15(22)23-16(2,3)4)20-13-5-7-14(8-6-13)21-18-9-10-19-21/h5-10,12,20H,11H2,1-4H3,(H,17,22). The Bertz CT molecular complexity index is 617. The number of hydrogen-bond acceptors (Lipinski definition) is 5. The summed E-state index contributed by atoms with van der Waals surface area (Å²) in [4.78, 5) is 13.2. The third-order valence-electron chi connectivity index (χ3n) is 2.88. The van der Waals surface area contributed by atoms with Crippen LogP contribution in [0.1, 0.15) is 27.7 Å². The van der Waals surface area contributed by atoms with E-state index in [0.29, 0.717) is 6.54 Å². The minimum Gasteiger partial charge on any atom is -0.444 e. The molecule has 0 fully saturated rings. The Kier molecular flexibility index (Phi) is 5.20. The van der Waals surface area contributed by atoms with E-state index in [4.69, 9.17) is 4.74 Å². The van der Waals surface area contributed by atoms with Crippen LogP contribution in [0.2, 0.25) is 0 Å². The van der Waals surface area contributed by atoms with E-state index in [1.807, 2.05) is 52.0 Å². The number of alkyl carbamates (subject to hydrolysis) is 1. The van der Waals surface area contributed by atoms with E-state index in [1.165, 1.54) is 0 Å². The fourth-order valence-electron chi connectivity index (χ4n) is 1.93. The van der Waals surface area contributed by atoms with Crippen LogP contribution in [-0.2, 0) is 4.74 Å². The predicted octanol–water partition coefficient (Wildman–Crippen LogP) is 2.59. The lowest BCUT2D eigenvalue weighted by Crippen LogP contribution is -2.38. The Balaban J connectivity index is 1.81. The molecule has 23 heavy (non-hydrogen) atoms. The number of amides is 1. The van der Waals surface area contributed by atoms with Crippen molar-refractivity contribution in [3.63, 3.8) is 0 Å².